The first-order valence-corrected chi connectivity index (χ1v) is 8.73. The first kappa shape index (κ1) is 16.7. The lowest BCUT2D eigenvalue weighted by Crippen LogP contribution is -2.35. The average Bonchev–Trinajstić information content (AvgIpc) is 3.07. The van der Waals surface area contributed by atoms with E-state index in [0.29, 0.717) is 30.1 Å². The number of aryl methyl sites for hydroxylation is 1. The van der Waals surface area contributed by atoms with Crippen LogP contribution in [0.5, 0.6) is 5.75 Å². The van der Waals surface area contributed by atoms with Crippen molar-refractivity contribution in [3.05, 3.63) is 69.9 Å². The van der Waals surface area contributed by atoms with Gasteiger partial charge in [0, 0.05) is 34.7 Å². The normalized spacial score (nSPS) is 13.5. The number of rotatable bonds is 2. The van der Waals surface area contributed by atoms with Gasteiger partial charge in [0.2, 0.25) is 0 Å². The predicted molar refractivity (Wildman–Crippen MR) is 98.2 cm³/mol. The Labute approximate surface area is 155 Å². The summed E-state index contributed by atoms with van der Waals surface area (Å²) in [6, 6.07) is 12.4. The van der Waals surface area contributed by atoms with Crippen LogP contribution in [0.3, 0.4) is 0 Å². The van der Waals surface area contributed by atoms with E-state index in [2.05, 4.69) is 5.16 Å². The van der Waals surface area contributed by atoms with Crippen molar-refractivity contribution in [3.63, 3.8) is 0 Å². The van der Waals surface area contributed by atoms with Crippen LogP contribution in [0.15, 0.2) is 47.0 Å². The molecule has 0 radical (unpaired) electrons. The van der Waals surface area contributed by atoms with Gasteiger partial charge in [-0.2, -0.15) is 0 Å². The molecule has 26 heavy (non-hydrogen) atoms. The highest BCUT2D eigenvalue weighted by atomic mass is 35.5. The number of hydrogen-bond donors (Lipinski definition) is 1. The van der Waals surface area contributed by atoms with Crippen LogP contribution in [0.2, 0.25) is 5.02 Å². The molecule has 1 aliphatic rings. The minimum absolute atomic E-state index is 0.116. The summed E-state index contributed by atoms with van der Waals surface area (Å²) in [5.74, 6) is 0.820. The largest absolute Gasteiger partial charge is 0.508 e. The molecule has 1 aromatic heterocycles. The average molecular weight is 369 g/mol. The number of aromatic nitrogens is 1. The van der Waals surface area contributed by atoms with E-state index in [1.165, 1.54) is 6.07 Å². The standard InChI is InChI=1S/C20H17ClN2O3/c1-12-2-3-14(10-17(12)24)20(25)23-9-8-18-16(11-23)19(22-26-18)13-4-6-15(21)7-5-13/h2-7,10,24H,8-9,11H2,1H3. The Morgan fingerprint density at radius 3 is 2.73 bits per heavy atom. The number of aromatic hydroxyl groups is 1. The third-order valence-electron chi connectivity index (χ3n) is 4.69. The Kier molecular flexibility index (Phi) is 4.17. The summed E-state index contributed by atoms with van der Waals surface area (Å²) in [5, 5.41) is 14.7. The molecule has 0 atom stereocenters. The summed E-state index contributed by atoms with van der Waals surface area (Å²) in [6.45, 7) is 2.77. The van der Waals surface area contributed by atoms with Crippen molar-refractivity contribution in [1.82, 2.24) is 10.1 Å². The highest BCUT2D eigenvalue weighted by molar-refractivity contribution is 6.30. The summed E-state index contributed by atoms with van der Waals surface area (Å²) >= 11 is 5.96. The molecule has 0 saturated carbocycles. The number of phenols is 1. The zero-order chi connectivity index (χ0) is 18.3. The van der Waals surface area contributed by atoms with Gasteiger partial charge in [-0.25, -0.2) is 0 Å². The third-order valence-corrected chi connectivity index (χ3v) is 4.94. The number of halogens is 1. The van der Waals surface area contributed by atoms with Crippen molar-refractivity contribution < 1.29 is 14.4 Å². The molecule has 132 valence electrons. The van der Waals surface area contributed by atoms with Gasteiger partial charge in [0.15, 0.2) is 0 Å². The molecule has 5 nitrogen and oxygen atoms in total. The van der Waals surface area contributed by atoms with Crippen molar-refractivity contribution in [2.75, 3.05) is 6.54 Å². The van der Waals surface area contributed by atoms with E-state index in [1.54, 1.807) is 36.1 Å². The molecule has 0 saturated heterocycles. The highest BCUT2D eigenvalue weighted by Gasteiger charge is 2.28. The van der Waals surface area contributed by atoms with Crippen molar-refractivity contribution in [2.24, 2.45) is 0 Å². The van der Waals surface area contributed by atoms with Gasteiger partial charge in [-0.05, 0) is 36.8 Å². The molecule has 2 aromatic carbocycles. The summed E-state index contributed by atoms with van der Waals surface area (Å²) in [6.07, 6.45) is 0.611. The lowest BCUT2D eigenvalue weighted by atomic mass is 10.0. The second kappa shape index (κ2) is 6.50. The number of carbonyl (C=O) groups excluding carboxylic acids is 1. The van der Waals surface area contributed by atoms with Gasteiger partial charge in [0.05, 0.1) is 6.54 Å². The second-order valence-electron chi connectivity index (χ2n) is 6.42. The zero-order valence-corrected chi connectivity index (χ0v) is 15.0. The number of hydrogen-bond acceptors (Lipinski definition) is 4. The molecular formula is C20H17ClN2O3. The second-order valence-corrected chi connectivity index (χ2v) is 6.85. The van der Waals surface area contributed by atoms with Crippen LogP contribution in [0.25, 0.3) is 11.3 Å². The lowest BCUT2D eigenvalue weighted by molar-refractivity contribution is 0.0728. The van der Waals surface area contributed by atoms with Crippen LogP contribution in [-0.4, -0.2) is 27.6 Å². The Bertz CT molecular complexity index is 979. The molecule has 1 aliphatic heterocycles. The molecule has 0 aliphatic carbocycles. The summed E-state index contributed by atoms with van der Waals surface area (Å²) < 4.78 is 5.48. The van der Waals surface area contributed by atoms with Gasteiger partial charge in [-0.1, -0.05) is 35.0 Å². The summed E-state index contributed by atoms with van der Waals surface area (Å²) in [7, 11) is 0. The van der Waals surface area contributed by atoms with Crippen LogP contribution >= 0.6 is 11.6 Å². The number of benzene rings is 2. The van der Waals surface area contributed by atoms with Crippen LogP contribution in [0.1, 0.15) is 27.2 Å². The van der Waals surface area contributed by atoms with Gasteiger partial charge in [-0.15, -0.1) is 0 Å². The van der Waals surface area contributed by atoms with E-state index in [4.69, 9.17) is 16.1 Å². The van der Waals surface area contributed by atoms with E-state index in [-0.39, 0.29) is 11.7 Å². The number of fused-ring (bicyclic) bond motifs is 1. The van der Waals surface area contributed by atoms with E-state index < -0.39 is 0 Å². The molecular weight excluding hydrogens is 352 g/mol. The van der Waals surface area contributed by atoms with E-state index in [9.17, 15) is 9.90 Å². The monoisotopic (exact) mass is 368 g/mol. The minimum atomic E-state index is -0.116. The van der Waals surface area contributed by atoms with Crippen molar-refractivity contribution in [1.29, 1.82) is 0 Å². The molecule has 1 amide bonds. The van der Waals surface area contributed by atoms with Crippen LogP contribution in [-0.2, 0) is 13.0 Å². The Morgan fingerprint density at radius 2 is 2.00 bits per heavy atom. The lowest BCUT2D eigenvalue weighted by Gasteiger charge is -2.26. The van der Waals surface area contributed by atoms with E-state index in [0.717, 1.165) is 28.1 Å². The maximum atomic E-state index is 12.8. The van der Waals surface area contributed by atoms with Gasteiger partial charge in [-0.3, -0.25) is 4.79 Å². The first-order valence-electron chi connectivity index (χ1n) is 8.35. The summed E-state index contributed by atoms with van der Waals surface area (Å²) in [5.41, 5.74) is 3.78. The fraction of sp³-hybridized carbons (Fsp3) is 0.200. The fourth-order valence-electron chi connectivity index (χ4n) is 3.14. The minimum Gasteiger partial charge on any atom is -0.508 e. The maximum absolute atomic E-state index is 12.8. The number of nitrogens with zero attached hydrogens (tertiary/aromatic N) is 2. The predicted octanol–water partition coefficient (Wildman–Crippen LogP) is 4.21. The van der Waals surface area contributed by atoms with E-state index in [1.807, 2.05) is 12.1 Å². The van der Waals surface area contributed by atoms with Crippen molar-refractivity contribution >= 4 is 17.5 Å². The molecule has 0 bridgehead atoms. The van der Waals surface area contributed by atoms with E-state index >= 15 is 0 Å². The molecule has 1 N–H and O–H groups in total. The Morgan fingerprint density at radius 1 is 1.23 bits per heavy atom. The SMILES string of the molecule is Cc1ccc(C(=O)N2CCc3onc(-c4ccc(Cl)cc4)c3C2)cc1O. The van der Waals surface area contributed by atoms with Gasteiger partial charge < -0.3 is 14.5 Å². The zero-order valence-electron chi connectivity index (χ0n) is 14.2. The topological polar surface area (TPSA) is 66.6 Å². The molecule has 4 rings (SSSR count). The Hall–Kier alpha value is -2.79. The fourth-order valence-corrected chi connectivity index (χ4v) is 3.27. The Balaban J connectivity index is 1.63. The van der Waals surface area contributed by atoms with Crippen molar-refractivity contribution in [2.45, 2.75) is 19.9 Å². The quantitative estimate of drug-likeness (QED) is 0.735. The molecule has 0 unspecified atom stereocenters. The van der Waals surface area contributed by atoms with Gasteiger partial charge in [0.25, 0.3) is 5.91 Å². The number of phenolic OH excluding ortho intramolecular Hbond substituents is 1. The van der Waals surface area contributed by atoms with Crippen LogP contribution in [0, 0.1) is 6.92 Å². The van der Waals surface area contributed by atoms with Crippen LogP contribution < -0.4 is 0 Å². The van der Waals surface area contributed by atoms with Gasteiger partial charge in [0.1, 0.15) is 17.2 Å². The molecule has 2 heterocycles. The summed E-state index contributed by atoms with van der Waals surface area (Å²) in [4.78, 5) is 14.6. The number of amides is 1. The van der Waals surface area contributed by atoms with Crippen LogP contribution in [0.4, 0.5) is 0 Å². The third kappa shape index (κ3) is 2.95. The molecule has 6 heteroatoms. The smallest absolute Gasteiger partial charge is 0.254 e. The van der Waals surface area contributed by atoms with Crippen molar-refractivity contribution in [3.8, 4) is 17.0 Å². The molecule has 0 spiro atoms. The highest BCUT2D eigenvalue weighted by Crippen LogP contribution is 2.31. The maximum Gasteiger partial charge on any atom is 0.254 e. The molecule has 3 aromatic rings. The number of carbonyl (C=O) groups is 1. The van der Waals surface area contributed by atoms with Gasteiger partial charge >= 0.3 is 0 Å². The molecule has 0 fully saturated rings. The first-order chi connectivity index (χ1) is 12.5.